The number of allylic oxidation sites excluding steroid dienone is 1. The Morgan fingerprint density at radius 3 is 2.73 bits per heavy atom. The number of amides is 1. The highest BCUT2D eigenvalue weighted by molar-refractivity contribution is 7.89. The Morgan fingerprint density at radius 1 is 1.27 bits per heavy atom. The number of hydrogen-bond acceptors (Lipinski definition) is 4. The van der Waals surface area contributed by atoms with Crippen molar-refractivity contribution in [1.29, 1.82) is 0 Å². The van der Waals surface area contributed by atoms with Crippen molar-refractivity contribution in [1.82, 2.24) is 8.87 Å². The highest BCUT2D eigenvalue weighted by Gasteiger charge is 2.33. The van der Waals surface area contributed by atoms with Crippen molar-refractivity contribution in [2.24, 2.45) is 10.9 Å². The van der Waals surface area contributed by atoms with Gasteiger partial charge in [0.2, 0.25) is 10.0 Å². The van der Waals surface area contributed by atoms with E-state index in [1.54, 1.807) is 6.08 Å². The van der Waals surface area contributed by atoms with Gasteiger partial charge in [0.1, 0.15) is 5.82 Å². The Labute approximate surface area is 196 Å². The molecule has 174 valence electrons. The van der Waals surface area contributed by atoms with E-state index in [1.165, 1.54) is 33.3 Å². The van der Waals surface area contributed by atoms with Crippen molar-refractivity contribution in [2.45, 2.75) is 37.6 Å². The Bertz CT molecular complexity index is 1360. The standard InChI is InChI=1S/C24H26FN3O3S2/c1-3-13-28-21-12-7-17(4-2)15-22(21)32-24(28)26-23(29)18-6-5-14-27(16-18)33(30,31)20-10-8-19(25)9-11-20/h3,7-12,15,18H,1,4-6,13-14,16H2,2H3. The van der Waals surface area contributed by atoms with Crippen LogP contribution in [0.3, 0.4) is 0 Å². The molecule has 0 radical (unpaired) electrons. The number of carbonyl (C=O) groups excluding carboxylic acids is 1. The van der Waals surface area contributed by atoms with Crippen molar-refractivity contribution in [2.75, 3.05) is 13.1 Å². The molecule has 1 aliphatic heterocycles. The molecular weight excluding hydrogens is 461 g/mol. The maximum atomic E-state index is 13.2. The molecular formula is C24H26FN3O3S2. The quantitative estimate of drug-likeness (QED) is 0.491. The van der Waals surface area contributed by atoms with E-state index in [9.17, 15) is 17.6 Å². The molecule has 1 unspecified atom stereocenters. The summed E-state index contributed by atoms with van der Waals surface area (Å²) < 4.78 is 43.5. The van der Waals surface area contributed by atoms with Crippen molar-refractivity contribution < 1.29 is 17.6 Å². The number of fused-ring (bicyclic) bond motifs is 1. The van der Waals surface area contributed by atoms with Crippen LogP contribution in [0.25, 0.3) is 10.2 Å². The first kappa shape index (κ1) is 23.5. The van der Waals surface area contributed by atoms with E-state index in [4.69, 9.17) is 0 Å². The van der Waals surface area contributed by atoms with Gasteiger partial charge in [0.25, 0.3) is 5.91 Å². The second-order valence-electron chi connectivity index (χ2n) is 8.05. The highest BCUT2D eigenvalue weighted by Crippen LogP contribution is 2.25. The molecule has 1 fully saturated rings. The Hall–Kier alpha value is -2.62. The summed E-state index contributed by atoms with van der Waals surface area (Å²) in [6.07, 6.45) is 3.82. The summed E-state index contributed by atoms with van der Waals surface area (Å²) in [6, 6.07) is 11.0. The number of aromatic nitrogens is 1. The van der Waals surface area contributed by atoms with Gasteiger partial charge in [0.15, 0.2) is 4.80 Å². The van der Waals surface area contributed by atoms with Gasteiger partial charge in [0.05, 0.1) is 21.0 Å². The van der Waals surface area contributed by atoms with E-state index in [0.29, 0.717) is 30.7 Å². The van der Waals surface area contributed by atoms with E-state index < -0.39 is 21.8 Å². The molecule has 1 amide bonds. The number of thiazole rings is 1. The summed E-state index contributed by atoms with van der Waals surface area (Å²) in [5.74, 6) is -1.35. The zero-order valence-corrected chi connectivity index (χ0v) is 20.0. The largest absolute Gasteiger partial charge is 0.313 e. The van der Waals surface area contributed by atoms with E-state index in [-0.39, 0.29) is 17.3 Å². The van der Waals surface area contributed by atoms with Gasteiger partial charge in [-0.25, -0.2) is 12.8 Å². The number of aryl methyl sites for hydroxylation is 1. The van der Waals surface area contributed by atoms with Gasteiger partial charge in [-0.15, -0.1) is 6.58 Å². The van der Waals surface area contributed by atoms with Crippen LogP contribution >= 0.6 is 11.3 Å². The average Bonchev–Trinajstić information content (AvgIpc) is 3.15. The second kappa shape index (κ2) is 9.70. The topological polar surface area (TPSA) is 71.7 Å². The smallest absolute Gasteiger partial charge is 0.252 e. The van der Waals surface area contributed by atoms with Crippen LogP contribution in [0, 0.1) is 11.7 Å². The first-order valence-corrected chi connectivity index (χ1v) is 13.2. The van der Waals surface area contributed by atoms with E-state index in [0.717, 1.165) is 28.8 Å². The summed E-state index contributed by atoms with van der Waals surface area (Å²) in [4.78, 5) is 18.1. The number of benzene rings is 2. The third-order valence-electron chi connectivity index (χ3n) is 5.86. The van der Waals surface area contributed by atoms with Crippen LogP contribution in [-0.2, 0) is 27.8 Å². The molecule has 0 bridgehead atoms. The van der Waals surface area contributed by atoms with Gasteiger partial charge >= 0.3 is 0 Å². The van der Waals surface area contributed by atoms with Crippen LogP contribution in [0.4, 0.5) is 4.39 Å². The van der Waals surface area contributed by atoms with Crippen LogP contribution in [0.1, 0.15) is 25.3 Å². The molecule has 4 rings (SSSR count). The SMILES string of the molecule is C=CCn1c(=NC(=O)C2CCCN(S(=O)(=O)c3ccc(F)cc3)C2)sc2cc(CC)ccc21. The average molecular weight is 488 g/mol. The van der Waals surface area contributed by atoms with Gasteiger partial charge in [0, 0.05) is 19.6 Å². The van der Waals surface area contributed by atoms with Crippen LogP contribution in [0.15, 0.2) is 65.0 Å². The molecule has 0 N–H and O–H groups in total. The lowest BCUT2D eigenvalue weighted by Gasteiger charge is -2.30. The van der Waals surface area contributed by atoms with E-state index >= 15 is 0 Å². The number of rotatable bonds is 6. The van der Waals surface area contributed by atoms with Gasteiger partial charge in [-0.05, 0) is 61.2 Å². The second-order valence-corrected chi connectivity index (χ2v) is 11.0. The maximum Gasteiger partial charge on any atom is 0.252 e. The minimum atomic E-state index is -3.81. The molecule has 0 spiro atoms. The monoisotopic (exact) mass is 487 g/mol. The van der Waals surface area contributed by atoms with Crippen molar-refractivity contribution in [3.63, 3.8) is 0 Å². The van der Waals surface area contributed by atoms with Crippen LogP contribution in [0.2, 0.25) is 0 Å². The van der Waals surface area contributed by atoms with Crippen LogP contribution in [-0.4, -0.2) is 36.3 Å². The number of halogens is 1. The zero-order valence-electron chi connectivity index (χ0n) is 18.4. The van der Waals surface area contributed by atoms with Crippen LogP contribution in [0.5, 0.6) is 0 Å². The Balaban J connectivity index is 1.63. The summed E-state index contributed by atoms with van der Waals surface area (Å²) >= 11 is 1.45. The number of nitrogens with zero attached hydrogens (tertiary/aromatic N) is 3. The fourth-order valence-corrected chi connectivity index (χ4v) is 6.66. The zero-order chi connectivity index (χ0) is 23.6. The van der Waals surface area contributed by atoms with E-state index in [1.807, 2.05) is 10.6 Å². The summed E-state index contributed by atoms with van der Waals surface area (Å²) in [5, 5.41) is 0. The third kappa shape index (κ3) is 4.85. The Kier molecular flexibility index (Phi) is 6.92. The van der Waals surface area contributed by atoms with Gasteiger partial charge in [-0.3, -0.25) is 4.79 Å². The van der Waals surface area contributed by atoms with Crippen LogP contribution < -0.4 is 4.80 Å². The molecule has 33 heavy (non-hydrogen) atoms. The summed E-state index contributed by atoms with van der Waals surface area (Å²) in [7, 11) is -3.81. The molecule has 1 saturated heterocycles. The minimum absolute atomic E-state index is 0.0222. The molecule has 1 atom stereocenters. The lowest BCUT2D eigenvalue weighted by atomic mass is 9.99. The lowest BCUT2D eigenvalue weighted by Crippen LogP contribution is -2.42. The predicted molar refractivity (Wildman–Crippen MR) is 128 cm³/mol. The maximum absolute atomic E-state index is 13.2. The molecule has 3 aromatic rings. The van der Waals surface area contributed by atoms with Gasteiger partial charge in [-0.1, -0.05) is 30.4 Å². The third-order valence-corrected chi connectivity index (χ3v) is 8.78. The fraction of sp³-hybridized carbons (Fsp3) is 0.333. The van der Waals surface area contributed by atoms with E-state index in [2.05, 4.69) is 30.6 Å². The van der Waals surface area contributed by atoms with Crippen molar-refractivity contribution in [3.05, 3.63) is 71.3 Å². The minimum Gasteiger partial charge on any atom is -0.313 e. The normalized spacial score (nSPS) is 18.0. The van der Waals surface area contributed by atoms with Gasteiger partial charge in [-0.2, -0.15) is 9.30 Å². The lowest BCUT2D eigenvalue weighted by molar-refractivity contribution is -0.122. The predicted octanol–water partition coefficient (Wildman–Crippen LogP) is 4.12. The molecule has 9 heteroatoms. The number of carbonyl (C=O) groups is 1. The molecule has 1 aliphatic rings. The van der Waals surface area contributed by atoms with Gasteiger partial charge < -0.3 is 4.57 Å². The fourth-order valence-electron chi connectivity index (χ4n) is 4.03. The molecule has 6 nitrogen and oxygen atoms in total. The Morgan fingerprint density at radius 2 is 2.03 bits per heavy atom. The number of hydrogen-bond donors (Lipinski definition) is 0. The number of piperidine rings is 1. The summed E-state index contributed by atoms with van der Waals surface area (Å²) in [6.45, 7) is 6.82. The molecule has 1 aromatic heterocycles. The summed E-state index contributed by atoms with van der Waals surface area (Å²) in [5.41, 5.74) is 2.20. The molecule has 0 saturated carbocycles. The molecule has 0 aliphatic carbocycles. The molecule has 2 heterocycles. The molecule has 2 aromatic carbocycles. The number of sulfonamides is 1. The first-order chi connectivity index (χ1) is 15.8. The van der Waals surface area contributed by atoms with Crippen molar-refractivity contribution >= 4 is 37.5 Å². The van der Waals surface area contributed by atoms with Crippen molar-refractivity contribution in [3.8, 4) is 0 Å². The highest BCUT2D eigenvalue weighted by atomic mass is 32.2. The first-order valence-electron chi connectivity index (χ1n) is 10.9.